The van der Waals surface area contributed by atoms with E-state index in [4.69, 9.17) is 10.2 Å². The Morgan fingerprint density at radius 2 is 1.57 bits per heavy atom. The Hall–Kier alpha value is -3.60. The van der Waals surface area contributed by atoms with Gasteiger partial charge in [0.05, 0.1) is 26.9 Å². The molecule has 8 nitrogen and oxygen atoms in total. The molecule has 0 unspecified atom stereocenters. The van der Waals surface area contributed by atoms with Crippen LogP contribution in [0.1, 0.15) is 12.5 Å². The Morgan fingerprint density at radius 3 is 2.20 bits per heavy atom. The molecule has 2 heterocycles. The van der Waals surface area contributed by atoms with Gasteiger partial charge in [-0.2, -0.15) is 15.0 Å². The second kappa shape index (κ2) is 9.21. The van der Waals surface area contributed by atoms with E-state index in [-0.39, 0.29) is 4.90 Å². The fraction of sp³-hybridized carbons (Fsp3) is 0.0800. The summed E-state index contributed by atoms with van der Waals surface area (Å²) in [4.78, 5) is 1.58. The van der Waals surface area contributed by atoms with Crippen LogP contribution in [0.15, 0.2) is 94.4 Å². The van der Waals surface area contributed by atoms with Crippen molar-refractivity contribution >= 4 is 26.0 Å². The second-order valence-electron chi connectivity index (χ2n) is 7.87. The average Bonchev–Trinajstić information content (AvgIpc) is 3.49. The van der Waals surface area contributed by atoms with E-state index >= 15 is 0 Å². The van der Waals surface area contributed by atoms with Gasteiger partial charge in [0.15, 0.2) is 0 Å². The number of aryl methyl sites for hydroxylation is 1. The molecule has 0 aliphatic rings. The highest BCUT2D eigenvalue weighted by molar-refractivity contribution is 9.10. The van der Waals surface area contributed by atoms with Gasteiger partial charge in [-0.05, 0) is 64.3 Å². The van der Waals surface area contributed by atoms with Crippen LogP contribution < -0.4 is 5.14 Å². The normalized spacial score (nSPS) is 11.6. The molecular formula is C25H21BrN6O2S. The average molecular weight is 549 g/mol. The number of nitrogens with zero attached hydrogens (tertiary/aromatic N) is 5. The quantitative estimate of drug-likeness (QED) is 0.329. The van der Waals surface area contributed by atoms with Crippen molar-refractivity contribution in [2.45, 2.75) is 18.2 Å². The van der Waals surface area contributed by atoms with Crippen molar-refractivity contribution < 1.29 is 8.42 Å². The van der Waals surface area contributed by atoms with Gasteiger partial charge in [-0.1, -0.05) is 49.4 Å². The number of hydrogen-bond acceptors (Lipinski definition) is 5. The topological polar surface area (TPSA) is 109 Å². The lowest BCUT2D eigenvalue weighted by Gasteiger charge is -2.07. The van der Waals surface area contributed by atoms with Crippen molar-refractivity contribution in [1.29, 1.82) is 0 Å². The number of halogens is 1. The second-order valence-corrected chi connectivity index (χ2v) is 10.2. The molecule has 0 aliphatic heterocycles. The SMILES string of the molecule is CCc1ccc(-c2nn(-c3ccc(S(N)(=O)=O)cc3)c(-c3cnn(-c4ccccc4)n3)c2Br)cc1. The third kappa shape index (κ3) is 4.55. The van der Waals surface area contributed by atoms with Crippen molar-refractivity contribution in [2.24, 2.45) is 5.14 Å². The van der Waals surface area contributed by atoms with E-state index in [1.807, 2.05) is 42.5 Å². The lowest BCUT2D eigenvalue weighted by atomic mass is 10.1. The highest BCUT2D eigenvalue weighted by atomic mass is 79.9. The van der Waals surface area contributed by atoms with Gasteiger partial charge in [-0.25, -0.2) is 18.2 Å². The Balaban J connectivity index is 1.67. The van der Waals surface area contributed by atoms with E-state index in [0.29, 0.717) is 17.1 Å². The highest BCUT2D eigenvalue weighted by Crippen LogP contribution is 2.37. The van der Waals surface area contributed by atoms with Crippen LogP contribution in [0.25, 0.3) is 34.0 Å². The van der Waals surface area contributed by atoms with E-state index in [9.17, 15) is 8.42 Å². The number of hydrogen-bond donors (Lipinski definition) is 1. The van der Waals surface area contributed by atoms with Crippen molar-refractivity contribution in [3.05, 3.63) is 95.1 Å². The Labute approximate surface area is 211 Å². The van der Waals surface area contributed by atoms with Gasteiger partial charge in [0.1, 0.15) is 17.1 Å². The summed E-state index contributed by atoms with van der Waals surface area (Å²) in [6, 6.07) is 24.1. The molecular weight excluding hydrogens is 528 g/mol. The molecule has 176 valence electrons. The summed E-state index contributed by atoms with van der Waals surface area (Å²) in [5, 5.41) is 19.3. The first-order chi connectivity index (χ1) is 16.8. The summed E-state index contributed by atoms with van der Waals surface area (Å²) in [5.74, 6) is 0. The molecule has 0 atom stereocenters. The minimum absolute atomic E-state index is 0.0272. The van der Waals surface area contributed by atoms with Gasteiger partial charge >= 0.3 is 0 Å². The van der Waals surface area contributed by atoms with Crippen molar-refractivity contribution in [3.63, 3.8) is 0 Å². The molecule has 0 aliphatic carbocycles. The monoisotopic (exact) mass is 548 g/mol. The number of rotatable bonds is 6. The predicted octanol–water partition coefficient (Wildman–Crippen LogP) is 4.76. The molecule has 10 heteroatoms. The highest BCUT2D eigenvalue weighted by Gasteiger charge is 2.23. The fourth-order valence-corrected chi connectivity index (χ4v) is 4.92. The lowest BCUT2D eigenvalue weighted by molar-refractivity contribution is 0.598. The number of sulfonamides is 1. The maximum absolute atomic E-state index is 11.7. The van der Waals surface area contributed by atoms with Gasteiger partial charge in [-0.15, -0.1) is 5.10 Å². The summed E-state index contributed by atoms with van der Waals surface area (Å²) < 4.78 is 25.9. The molecule has 2 aromatic heterocycles. The summed E-state index contributed by atoms with van der Waals surface area (Å²) in [6.45, 7) is 2.11. The van der Waals surface area contributed by atoms with Crippen molar-refractivity contribution in [2.75, 3.05) is 0 Å². The predicted molar refractivity (Wildman–Crippen MR) is 138 cm³/mol. The summed E-state index contributed by atoms with van der Waals surface area (Å²) in [6.07, 6.45) is 2.62. The van der Waals surface area contributed by atoms with E-state index in [1.165, 1.54) is 17.7 Å². The molecule has 0 bridgehead atoms. The fourth-order valence-electron chi connectivity index (χ4n) is 3.72. The maximum Gasteiger partial charge on any atom is 0.238 e. The van der Waals surface area contributed by atoms with Gasteiger partial charge in [0.2, 0.25) is 10.0 Å². The Kier molecular flexibility index (Phi) is 6.10. The molecule has 35 heavy (non-hydrogen) atoms. The van der Waals surface area contributed by atoms with Gasteiger partial charge < -0.3 is 0 Å². The van der Waals surface area contributed by atoms with Gasteiger partial charge in [-0.3, -0.25) is 0 Å². The first kappa shape index (κ1) is 23.2. The third-order valence-electron chi connectivity index (χ3n) is 5.59. The van der Waals surface area contributed by atoms with E-state index in [0.717, 1.165) is 27.8 Å². The van der Waals surface area contributed by atoms with Crippen molar-refractivity contribution in [1.82, 2.24) is 24.8 Å². The molecule has 0 saturated heterocycles. The number of para-hydroxylation sites is 1. The van der Waals surface area contributed by atoms with E-state index < -0.39 is 10.0 Å². The lowest BCUT2D eigenvalue weighted by Crippen LogP contribution is -2.12. The maximum atomic E-state index is 11.7. The third-order valence-corrected chi connectivity index (χ3v) is 7.28. The summed E-state index contributed by atoms with van der Waals surface area (Å²) in [5.41, 5.74) is 5.66. The molecule has 3 aromatic carbocycles. The first-order valence-electron chi connectivity index (χ1n) is 10.8. The number of primary sulfonamides is 1. The van der Waals surface area contributed by atoms with Gasteiger partial charge in [0.25, 0.3) is 0 Å². The van der Waals surface area contributed by atoms with E-state index in [2.05, 4.69) is 45.2 Å². The first-order valence-corrected chi connectivity index (χ1v) is 13.2. The smallest absolute Gasteiger partial charge is 0.230 e. The van der Waals surface area contributed by atoms with Gasteiger partial charge in [0, 0.05) is 5.56 Å². The van der Waals surface area contributed by atoms with Crippen molar-refractivity contribution in [3.8, 4) is 34.0 Å². The van der Waals surface area contributed by atoms with Crippen LogP contribution >= 0.6 is 15.9 Å². The minimum Gasteiger partial charge on any atom is -0.230 e. The van der Waals surface area contributed by atoms with Crippen LogP contribution in [0.5, 0.6) is 0 Å². The zero-order chi connectivity index (χ0) is 24.6. The molecule has 5 rings (SSSR count). The molecule has 5 aromatic rings. The summed E-state index contributed by atoms with van der Waals surface area (Å²) >= 11 is 3.74. The van der Waals surface area contributed by atoms with Crippen LogP contribution in [0.4, 0.5) is 0 Å². The molecule has 0 spiro atoms. The summed E-state index contributed by atoms with van der Waals surface area (Å²) in [7, 11) is -3.81. The van der Waals surface area contributed by atoms with E-state index in [1.54, 1.807) is 27.8 Å². The van der Waals surface area contributed by atoms with Crippen LogP contribution in [-0.2, 0) is 16.4 Å². The molecule has 0 radical (unpaired) electrons. The molecule has 0 amide bonds. The van der Waals surface area contributed by atoms with Crippen LogP contribution in [0.3, 0.4) is 0 Å². The molecule has 0 fully saturated rings. The van der Waals surface area contributed by atoms with Crippen LogP contribution in [-0.4, -0.2) is 33.2 Å². The van der Waals surface area contributed by atoms with Crippen LogP contribution in [0, 0.1) is 0 Å². The molecule has 0 saturated carbocycles. The van der Waals surface area contributed by atoms with Crippen LogP contribution in [0.2, 0.25) is 0 Å². The Morgan fingerprint density at radius 1 is 0.886 bits per heavy atom. The zero-order valence-corrected chi connectivity index (χ0v) is 21.1. The zero-order valence-electron chi connectivity index (χ0n) is 18.7. The standard InChI is InChI=1S/C25H21BrN6O2S/c1-2-17-8-10-18(11-9-17)24-23(26)25(22-16-28-32(29-22)20-6-4-3-5-7-20)31(30-24)19-12-14-21(15-13-19)35(27,33)34/h3-16H,2H2,1H3,(H2,27,33,34). The number of benzene rings is 3. The minimum atomic E-state index is -3.81. The Bertz CT molecular complexity index is 1590. The number of aromatic nitrogens is 5. The number of nitrogens with two attached hydrogens (primary N) is 1. The largest absolute Gasteiger partial charge is 0.238 e. The molecule has 2 N–H and O–H groups in total.